The van der Waals surface area contributed by atoms with Crippen molar-refractivity contribution in [1.82, 2.24) is 5.32 Å². The maximum absolute atomic E-state index is 3.61. The third kappa shape index (κ3) is 3.20. The fraction of sp³-hybridized carbons (Fsp3) is 0.333. The second kappa shape index (κ2) is 6.80. The number of nitrogens with one attached hydrogen (secondary N) is 1. The quantitative estimate of drug-likeness (QED) is 0.589. The van der Waals surface area contributed by atoms with E-state index in [1.165, 1.54) is 39.5 Å². The van der Waals surface area contributed by atoms with Crippen molar-refractivity contribution in [2.24, 2.45) is 0 Å². The second-order valence-corrected chi connectivity index (χ2v) is 7.72. The Morgan fingerprint density at radius 2 is 1.90 bits per heavy atom. The molecule has 0 aromatic heterocycles. The minimum Gasteiger partial charge on any atom is -0.309 e. The highest BCUT2D eigenvalue weighted by molar-refractivity contribution is 14.1. The second-order valence-electron chi connectivity index (χ2n) is 5.64. The fourth-order valence-corrected chi connectivity index (χ4v) is 4.10. The molecule has 0 bridgehead atoms. The van der Waals surface area contributed by atoms with E-state index in [9.17, 15) is 0 Å². The molecule has 1 N–H and O–H groups in total. The Hall–Kier alpha value is -0.390. The Morgan fingerprint density at radius 3 is 2.57 bits per heavy atom. The standard InChI is InChI=1S/C18H19BrIN/c1-21-18(16-11-13(19)9-10-17(16)20)15-8-3-2-7-14(15)12-5-4-6-12/h2-3,7-12,18,21H,4-6H2,1H3. The highest BCUT2D eigenvalue weighted by atomic mass is 127. The molecule has 2 aromatic carbocycles. The van der Waals surface area contributed by atoms with Crippen LogP contribution in [0.3, 0.4) is 0 Å². The van der Waals surface area contributed by atoms with Gasteiger partial charge in [-0.1, -0.05) is 46.6 Å². The number of rotatable bonds is 4. The van der Waals surface area contributed by atoms with Crippen LogP contribution in [0.5, 0.6) is 0 Å². The zero-order valence-corrected chi connectivity index (χ0v) is 15.8. The molecular weight excluding hydrogens is 437 g/mol. The van der Waals surface area contributed by atoms with Crippen molar-refractivity contribution in [3.63, 3.8) is 0 Å². The molecule has 1 nitrogen and oxygen atoms in total. The average molecular weight is 456 g/mol. The summed E-state index contributed by atoms with van der Waals surface area (Å²) in [6.07, 6.45) is 4.05. The lowest BCUT2D eigenvalue weighted by Gasteiger charge is -2.31. The lowest BCUT2D eigenvalue weighted by molar-refractivity contribution is 0.415. The number of benzene rings is 2. The van der Waals surface area contributed by atoms with Gasteiger partial charge in [0.2, 0.25) is 0 Å². The first-order valence-corrected chi connectivity index (χ1v) is 9.29. The predicted molar refractivity (Wildman–Crippen MR) is 101 cm³/mol. The van der Waals surface area contributed by atoms with Crippen molar-refractivity contribution in [3.8, 4) is 0 Å². The third-order valence-corrected chi connectivity index (χ3v) is 5.89. The molecule has 0 aliphatic heterocycles. The van der Waals surface area contributed by atoms with Gasteiger partial charge in [-0.3, -0.25) is 0 Å². The van der Waals surface area contributed by atoms with E-state index in [1.807, 2.05) is 0 Å². The van der Waals surface area contributed by atoms with Gasteiger partial charge >= 0.3 is 0 Å². The van der Waals surface area contributed by atoms with Crippen LogP contribution in [0.25, 0.3) is 0 Å². The molecule has 0 heterocycles. The van der Waals surface area contributed by atoms with Gasteiger partial charge in [0.25, 0.3) is 0 Å². The van der Waals surface area contributed by atoms with Crippen LogP contribution < -0.4 is 5.32 Å². The molecule has 2 aromatic rings. The average Bonchev–Trinajstić information content (AvgIpc) is 2.43. The van der Waals surface area contributed by atoms with E-state index in [-0.39, 0.29) is 6.04 Å². The summed E-state index contributed by atoms with van der Waals surface area (Å²) in [4.78, 5) is 0. The maximum Gasteiger partial charge on any atom is 0.0587 e. The van der Waals surface area contributed by atoms with Crippen LogP contribution in [0.2, 0.25) is 0 Å². The Balaban J connectivity index is 2.06. The van der Waals surface area contributed by atoms with E-state index >= 15 is 0 Å². The van der Waals surface area contributed by atoms with Crippen LogP contribution >= 0.6 is 38.5 Å². The molecule has 110 valence electrons. The molecule has 0 spiro atoms. The Bertz CT molecular complexity index is 637. The van der Waals surface area contributed by atoms with Gasteiger partial charge in [0.05, 0.1) is 6.04 Å². The largest absolute Gasteiger partial charge is 0.309 e. The van der Waals surface area contributed by atoms with Gasteiger partial charge in [-0.25, -0.2) is 0 Å². The SMILES string of the molecule is CNC(c1cc(Br)ccc1I)c1ccccc1C1CCC1. The lowest BCUT2D eigenvalue weighted by atomic mass is 9.76. The summed E-state index contributed by atoms with van der Waals surface area (Å²) < 4.78 is 2.44. The summed E-state index contributed by atoms with van der Waals surface area (Å²) >= 11 is 6.04. The van der Waals surface area contributed by atoms with Crippen molar-refractivity contribution in [3.05, 3.63) is 67.2 Å². The topological polar surface area (TPSA) is 12.0 Å². The summed E-state index contributed by atoms with van der Waals surface area (Å²) in [6.45, 7) is 0. The summed E-state index contributed by atoms with van der Waals surface area (Å²) in [5.41, 5.74) is 4.30. The molecule has 1 saturated carbocycles. The van der Waals surface area contributed by atoms with E-state index in [4.69, 9.17) is 0 Å². The molecule has 3 rings (SSSR count). The Morgan fingerprint density at radius 1 is 1.14 bits per heavy atom. The van der Waals surface area contributed by atoms with Crippen LogP contribution in [0, 0.1) is 3.57 Å². The molecule has 0 amide bonds. The van der Waals surface area contributed by atoms with Crippen LogP contribution in [-0.4, -0.2) is 7.05 Å². The van der Waals surface area contributed by atoms with Crippen LogP contribution in [0.15, 0.2) is 46.9 Å². The highest BCUT2D eigenvalue weighted by Gasteiger charge is 2.25. The predicted octanol–water partition coefficient (Wildman–Crippen LogP) is 5.63. The summed E-state index contributed by atoms with van der Waals surface area (Å²) in [7, 11) is 2.05. The smallest absolute Gasteiger partial charge is 0.0587 e. The van der Waals surface area contributed by atoms with Gasteiger partial charge in [0, 0.05) is 8.04 Å². The first kappa shape index (κ1) is 15.5. The number of halogens is 2. The van der Waals surface area contributed by atoms with Crippen molar-refractivity contribution >= 4 is 38.5 Å². The van der Waals surface area contributed by atoms with Crippen molar-refractivity contribution < 1.29 is 0 Å². The highest BCUT2D eigenvalue weighted by Crippen LogP contribution is 2.41. The van der Waals surface area contributed by atoms with Gasteiger partial charge < -0.3 is 5.32 Å². The number of hydrogen-bond donors (Lipinski definition) is 1. The fourth-order valence-electron chi connectivity index (χ4n) is 3.08. The van der Waals surface area contributed by atoms with E-state index < -0.39 is 0 Å². The van der Waals surface area contributed by atoms with Gasteiger partial charge in [0.15, 0.2) is 0 Å². The minimum absolute atomic E-state index is 0.256. The van der Waals surface area contributed by atoms with Crippen molar-refractivity contribution in [2.75, 3.05) is 7.05 Å². The summed E-state index contributed by atoms with van der Waals surface area (Å²) in [6, 6.07) is 15.7. The van der Waals surface area contributed by atoms with E-state index in [1.54, 1.807) is 0 Å². The Kier molecular flexibility index (Phi) is 5.02. The van der Waals surface area contributed by atoms with E-state index in [0.29, 0.717) is 0 Å². The molecule has 1 aliphatic carbocycles. The molecule has 1 aliphatic rings. The van der Waals surface area contributed by atoms with Crippen LogP contribution in [0.1, 0.15) is 47.9 Å². The third-order valence-electron chi connectivity index (χ3n) is 4.41. The maximum atomic E-state index is 3.61. The normalized spacial score (nSPS) is 16.5. The zero-order chi connectivity index (χ0) is 14.8. The zero-order valence-electron chi connectivity index (χ0n) is 12.1. The van der Waals surface area contributed by atoms with Crippen molar-refractivity contribution in [2.45, 2.75) is 31.2 Å². The molecule has 21 heavy (non-hydrogen) atoms. The molecule has 3 heteroatoms. The Labute approximate surface area is 148 Å². The summed E-state index contributed by atoms with van der Waals surface area (Å²) in [5.74, 6) is 0.752. The van der Waals surface area contributed by atoms with E-state index in [2.05, 4.69) is 93.3 Å². The van der Waals surface area contributed by atoms with Crippen LogP contribution in [0.4, 0.5) is 0 Å². The lowest BCUT2D eigenvalue weighted by Crippen LogP contribution is -2.22. The molecule has 0 saturated heterocycles. The molecule has 1 fully saturated rings. The van der Waals surface area contributed by atoms with Crippen LogP contribution in [-0.2, 0) is 0 Å². The minimum atomic E-state index is 0.256. The first-order valence-electron chi connectivity index (χ1n) is 7.41. The molecule has 1 atom stereocenters. The monoisotopic (exact) mass is 455 g/mol. The molecule has 0 radical (unpaired) electrons. The number of hydrogen-bond acceptors (Lipinski definition) is 1. The molecular formula is C18H19BrIN. The first-order chi connectivity index (χ1) is 10.2. The van der Waals surface area contributed by atoms with E-state index in [0.717, 1.165) is 10.4 Å². The van der Waals surface area contributed by atoms with Crippen molar-refractivity contribution in [1.29, 1.82) is 0 Å². The van der Waals surface area contributed by atoms with Gasteiger partial charge in [-0.05, 0) is 83.3 Å². The summed E-state index contributed by atoms with van der Waals surface area (Å²) in [5, 5.41) is 3.52. The molecule has 1 unspecified atom stereocenters. The van der Waals surface area contributed by atoms with Gasteiger partial charge in [0.1, 0.15) is 0 Å². The van der Waals surface area contributed by atoms with Gasteiger partial charge in [-0.15, -0.1) is 0 Å². The van der Waals surface area contributed by atoms with Gasteiger partial charge in [-0.2, -0.15) is 0 Å².